The van der Waals surface area contributed by atoms with Gasteiger partial charge in [0.25, 0.3) is 6.43 Å². The van der Waals surface area contributed by atoms with Crippen molar-refractivity contribution < 1.29 is 42.1 Å². The molecule has 3 atom stereocenters. The van der Waals surface area contributed by atoms with Gasteiger partial charge in [-0.1, -0.05) is 30.3 Å². The number of aromatic nitrogens is 5. The van der Waals surface area contributed by atoms with E-state index in [1.54, 1.807) is 39.8 Å². The number of hydrogen-bond acceptors (Lipinski definition) is 11. The molecule has 0 saturated carbocycles. The first-order chi connectivity index (χ1) is 24.8. The Hall–Kier alpha value is -5.88. The van der Waals surface area contributed by atoms with Crippen molar-refractivity contribution in [2.24, 2.45) is 5.73 Å². The molecule has 2 aromatic carbocycles. The number of nitrogens with one attached hydrogen (secondary N) is 1. The van der Waals surface area contributed by atoms with Crippen LogP contribution < -0.4 is 26.4 Å². The van der Waals surface area contributed by atoms with Crippen molar-refractivity contribution in [3.63, 3.8) is 0 Å². The molecule has 1 fully saturated rings. The lowest BCUT2D eigenvalue weighted by Crippen LogP contribution is -2.63. The highest BCUT2D eigenvalue weighted by molar-refractivity contribution is 5.82. The number of nitrogens with zero attached hydrogens (tertiary/aromatic N) is 6. The van der Waals surface area contributed by atoms with Crippen LogP contribution in [0, 0.1) is 11.6 Å². The predicted molar refractivity (Wildman–Crippen MR) is 180 cm³/mol. The summed E-state index contributed by atoms with van der Waals surface area (Å²) in [7, 11) is 0. The van der Waals surface area contributed by atoms with Crippen molar-refractivity contribution in [2.45, 2.75) is 49.9 Å². The molecule has 5 aromatic rings. The number of benzene rings is 2. The Kier molecular flexibility index (Phi) is 10.2. The predicted octanol–water partition coefficient (Wildman–Crippen LogP) is 3.51. The van der Waals surface area contributed by atoms with E-state index in [1.807, 2.05) is 0 Å². The van der Waals surface area contributed by atoms with Gasteiger partial charge in [-0.2, -0.15) is 0 Å². The first kappa shape index (κ1) is 35.9. The quantitative estimate of drug-likeness (QED) is 0.124. The molecule has 6 rings (SSSR count). The van der Waals surface area contributed by atoms with E-state index in [-0.39, 0.29) is 43.0 Å². The van der Waals surface area contributed by atoms with E-state index in [4.69, 9.17) is 16.2 Å². The molecule has 14 nitrogen and oxygen atoms in total. The number of carboxylic acids is 1. The molecule has 4 heterocycles. The topological polar surface area (TPSA) is 208 Å². The van der Waals surface area contributed by atoms with Crippen LogP contribution in [0.3, 0.4) is 0 Å². The van der Waals surface area contributed by atoms with Crippen molar-refractivity contribution in [3.05, 3.63) is 90.1 Å². The normalized spacial score (nSPS) is 17.2. The molecule has 18 heteroatoms. The van der Waals surface area contributed by atoms with E-state index < -0.39 is 53.6 Å². The van der Waals surface area contributed by atoms with Crippen LogP contribution in [0.2, 0.25) is 0 Å². The van der Waals surface area contributed by atoms with Crippen LogP contribution in [0.1, 0.15) is 24.0 Å². The molecular formula is C34H33F4N9O5. The van der Waals surface area contributed by atoms with Crippen LogP contribution in [-0.2, 0) is 17.8 Å². The smallest absolute Gasteiger partial charge is 0.413 e. The lowest BCUT2D eigenvalue weighted by atomic mass is 9.84. The maximum absolute atomic E-state index is 15.6. The fraction of sp³-hybridized carbons (Fsp3) is 0.294. The summed E-state index contributed by atoms with van der Waals surface area (Å²) in [5.74, 6) is -4.20. The summed E-state index contributed by atoms with van der Waals surface area (Å²) in [6, 6.07) is 9.93. The van der Waals surface area contributed by atoms with Gasteiger partial charge in [0.05, 0.1) is 36.0 Å². The van der Waals surface area contributed by atoms with Crippen molar-refractivity contribution in [2.75, 3.05) is 23.7 Å². The summed E-state index contributed by atoms with van der Waals surface area (Å²) in [6.45, 7) is 0.244. The minimum absolute atomic E-state index is 0.0302. The third-order valence-corrected chi connectivity index (χ3v) is 8.83. The first-order valence-electron chi connectivity index (χ1n) is 16.0. The maximum Gasteiger partial charge on any atom is 0.413 e. The lowest BCUT2D eigenvalue weighted by molar-refractivity contribution is -0.139. The number of nitrogen functional groups attached to an aromatic ring is 1. The second kappa shape index (κ2) is 14.8. The number of aliphatic hydroxyl groups excluding tert-OH is 1. The van der Waals surface area contributed by atoms with E-state index in [1.165, 1.54) is 24.9 Å². The molecule has 1 amide bonds. The largest absolute Gasteiger partial charge is 0.480 e. The number of aliphatic hydroxyl groups is 1. The van der Waals surface area contributed by atoms with Crippen LogP contribution in [0.25, 0.3) is 22.4 Å². The standard InChI is InChI=1S/C34H33F4N9O5/c35-21-12-26(52-33(51)45-24(32(49)50)9-18-5-2-1-3-6-18)22(36)11-20(21)23-10-19(14-47-17-44-27-30(39)42-16-43-31(27)47)25(13-41-23)46-8-4-7-34(40,15-46)28(48)29(37)38/h1-3,5-6,10-13,16-17,24,28-29,48H,4,7-9,14-15,40H2,(H,45,51)(H,49,50)(H2,39,42,43)/t24-,28-,34-/m1/s1. The second-order valence-corrected chi connectivity index (χ2v) is 12.4. The summed E-state index contributed by atoms with van der Waals surface area (Å²) in [6.07, 6.45) is -1.99. The van der Waals surface area contributed by atoms with E-state index in [0.717, 1.165) is 6.07 Å². The molecule has 1 aliphatic rings. The van der Waals surface area contributed by atoms with Crippen molar-refractivity contribution >= 4 is 34.7 Å². The average Bonchev–Trinajstić information content (AvgIpc) is 3.53. The highest BCUT2D eigenvalue weighted by atomic mass is 19.3. The number of carbonyl (C=O) groups is 2. The number of amides is 1. The van der Waals surface area contributed by atoms with Gasteiger partial charge >= 0.3 is 12.1 Å². The second-order valence-electron chi connectivity index (χ2n) is 12.4. The van der Waals surface area contributed by atoms with Crippen LogP contribution in [0.4, 0.5) is 33.9 Å². The van der Waals surface area contributed by atoms with Crippen LogP contribution in [0.5, 0.6) is 5.75 Å². The van der Waals surface area contributed by atoms with Gasteiger partial charge in [0.2, 0.25) is 0 Å². The fourth-order valence-electron chi connectivity index (χ4n) is 6.18. The summed E-state index contributed by atoms with van der Waals surface area (Å²) >= 11 is 0. The molecule has 0 bridgehead atoms. The fourth-order valence-corrected chi connectivity index (χ4v) is 6.18. The number of rotatable bonds is 11. The Morgan fingerprint density at radius 2 is 1.83 bits per heavy atom. The van der Waals surface area contributed by atoms with Crippen LogP contribution >= 0.6 is 0 Å². The summed E-state index contributed by atoms with van der Waals surface area (Å²) in [4.78, 5) is 42.8. The van der Waals surface area contributed by atoms with Gasteiger partial charge in [-0.25, -0.2) is 42.1 Å². The number of imidazole rings is 1. The third kappa shape index (κ3) is 7.57. The van der Waals surface area contributed by atoms with Crippen LogP contribution in [0.15, 0.2) is 67.4 Å². The molecule has 1 saturated heterocycles. The molecule has 52 heavy (non-hydrogen) atoms. The SMILES string of the molecule is Nc1ncnc2c1ncn2Cc1cc(-c2cc(F)c(OC(=O)N[C@H](Cc3ccccc3)C(=O)O)cc2F)ncc1N1CCC[C@](N)([C@H](O)C(F)F)C1. The molecule has 0 unspecified atom stereocenters. The minimum atomic E-state index is -3.07. The Bertz CT molecular complexity index is 2110. The number of aliphatic carboxylic acids is 1. The maximum atomic E-state index is 15.6. The van der Waals surface area contributed by atoms with Gasteiger partial charge in [-0.3, -0.25) is 4.98 Å². The summed E-state index contributed by atoms with van der Waals surface area (Å²) in [5, 5.41) is 22.0. The van der Waals surface area contributed by atoms with E-state index in [0.29, 0.717) is 47.0 Å². The molecule has 7 N–H and O–H groups in total. The minimum Gasteiger partial charge on any atom is -0.480 e. The molecule has 0 spiro atoms. The Labute approximate surface area is 293 Å². The van der Waals surface area contributed by atoms with Gasteiger partial charge in [-0.05, 0) is 36.1 Å². The van der Waals surface area contributed by atoms with Gasteiger partial charge in [-0.15, -0.1) is 0 Å². The summed E-state index contributed by atoms with van der Waals surface area (Å²) in [5.41, 5.74) is 12.4. The molecule has 272 valence electrons. The number of halogens is 4. The first-order valence-corrected chi connectivity index (χ1v) is 16.0. The van der Waals surface area contributed by atoms with Gasteiger partial charge in [0.1, 0.15) is 29.8 Å². The Morgan fingerprint density at radius 1 is 1.06 bits per heavy atom. The number of hydrogen-bond donors (Lipinski definition) is 5. The highest BCUT2D eigenvalue weighted by Gasteiger charge is 2.43. The van der Waals surface area contributed by atoms with Crippen LogP contribution in [-0.4, -0.2) is 84.0 Å². The summed E-state index contributed by atoms with van der Waals surface area (Å²) < 4.78 is 64.7. The number of alkyl halides is 2. The number of ether oxygens (including phenoxy) is 1. The van der Waals surface area contributed by atoms with E-state index in [9.17, 15) is 28.6 Å². The zero-order chi connectivity index (χ0) is 37.2. The third-order valence-electron chi connectivity index (χ3n) is 8.83. The Morgan fingerprint density at radius 3 is 2.56 bits per heavy atom. The molecular weight excluding hydrogens is 690 g/mol. The zero-order valence-electron chi connectivity index (χ0n) is 27.3. The van der Waals surface area contributed by atoms with E-state index in [2.05, 4.69) is 25.3 Å². The van der Waals surface area contributed by atoms with Gasteiger partial charge < -0.3 is 41.2 Å². The molecule has 1 aliphatic heterocycles. The number of anilines is 2. The molecule has 0 radical (unpaired) electrons. The number of pyridine rings is 1. The number of piperidine rings is 1. The van der Waals surface area contributed by atoms with Crippen molar-refractivity contribution in [3.8, 4) is 17.0 Å². The van der Waals surface area contributed by atoms with Crippen molar-refractivity contribution in [1.29, 1.82) is 0 Å². The van der Waals surface area contributed by atoms with Gasteiger partial charge in [0.15, 0.2) is 23.0 Å². The average molecular weight is 724 g/mol. The molecule has 3 aromatic heterocycles. The van der Waals surface area contributed by atoms with Gasteiger partial charge in [0, 0.05) is 31.1 Å². The zero-order valence-corrected chi connectivity index (χ0v) is 27.3. The molecule has 0 aliphatic carbocycles. The Balaban J connectivity index is 1.30. The number of carbonyl (C=O) groups excluding carboxylic acids is 1. The van der Waals surface area contributed by atoms with Crippen molar-refractivity contribution in [1.82, 2.24) is 29.8 Å². The number of nitrogens with two attached hydrogens (primary N) is 2. The van der Waals surface area contributed by atoms with E-state index >= 15 is 8.78 Å². The highest BCUT2D eigenvalue weighted by Crippen LogP contribution is 2.35. The monoisotopic (exact) mass is 723 g/mol. The number of fused-ring (bicyclic) bond motifs is 1. The lowest BCUT2D eigenvalue weighted by Gasteiger charge is -2.44. The number of carboxylic acid groups (broad SMARTS) is 1.